The van der Waals surface area contributed by atoms with Crippen molar-refractivity contribution in [2.45, 2.75) is 18.5 Å². The highest BCUT2D eigenvalue weighted by Crippen LogP contribution is 2.13. The monoisotopic (exact) mass is 279 g/mol. The van der Waals surface area contributed by atoms with Gasteiger partial charge in [0.15, 0.2) is 5.03 Å². The van der Waals surface area contributed by atoms with Crippen molar-refractivity contribution >= 4 is 15.7 Å². The number of sulfonamides is 1. The highest BCUT2D eigenvalue weighted by molar-refractivity contribution is 7.89. The molecule has 2 heterocycles. The predicted octanol–water partition coefficient (Wildman–Crippen LogP) is 0.241. The molecule has 2 aromatic heterocycles. The van der Waals surface area contributed by atoms with E-state index in [0.717, 1.165) is 0 Å². The number of nitrogens with one attached hydrogen (secondary N) is 1. The molecule has 0 aliphatic rings. The van der Waals surface area contributed by atoms with Crippen molar-refractivity contribution in [3.05, 3.63) is 42.1 Å². The molecule has 0 aromatic carbocycles. The van der Waals surface area contributed by atoms with Crippen molar-refractivity contribution < 1.29 is 8.42 Å². The lowest BCUT2D eigenvalue weighted by Gasteiger charge is -2.07. The van der Waals surface area contributed by atoms with Crippen LogP contribution >= 0.6 is 0 Å². The van der Waals surface area contributed by atoms with Crippen LogP contribution in [0, 0.1) is 6.92 Å². The van der Waals surface area contributed by atoms with Crippen LogP contribution in [0.4, 0.5) is 5.69 Å². The Labute approximate surface area is 111 Å². The lowest BCUT2D eigenvalue weighted by molar-refractivity contribution is 0.577. The van der Waals surface area contributed by atoms with Crippen LogP contribution in [0.15, 0.2) is 35.6 Å². The zero-order valence-corrected chi connectivity index (χ0v) is 11.1. The molecule has 8 heteroatoms. The number of nitrogens with two attached hydrogens (primary N) is 1. The third kappa shape index (κ3) is 3.24. The summed E-state index contributed by atoms with van der Waals surface area (Å²) in [6, 6.07) is 4.69. The van der Waals surface area contributed by atoms with Crippen molar-refractivity contribution in [3.63, 3.8) is 0 Å². The van der Waals surface area contributed by atoms with Gasteiger partial charge in [0.25, 0.3) is 10.0 Å². The van der Waals surface area contributed by atoms with Crippen molar-refractivity contribution in [2.75, 3.05) is 5.73 Å². The highest BCUT2D eigenvalue weighted by atomic mass is 32.2. The van der Waals surface area contributed by atoms with E-state index in [1.807, 2.05) is 0 Å². The molecule has 2 aromatic rings. The minimum atomic E-state index is -3.75. The summed E-state index contributed by atoms with van der Waals surface area (Å²) in [6.07, 6.45) is 2.95. The van der Waals surface area contributed by atoms with E-state index in [1.54, 1.807) is 25.3 Å². The summed E-state index contributed by atoms with van der Waals surface area (Å²) in [6.45, 7) is 1.79. The summed E-state index contributed by atoms with van der Waals surface area (Å²) in [4.78, 5) is 11.8. The number of aryl methyl sites for hydroxylation is 1. The molecule has 3 N–H and O–H groups in total. The van der Waals surface area contributed by atoms with Gasteiger partial charge in [-0.2, -0.15) is 0 Å². The average molecular weight is 279 g/mol. The van der Waals surface area contributed by atoms with Gasteiger partial charge in [-0.1, -0.05) is 0 Å². The first kappa shape index (κ1) is 13.4. The fraction of sp³-hybridized carbons (Fsp3) is 0.182. The number of anilines is 1. The number of rotatable bonds is 4. The Morgan fingerprint density at radius 3 is 2.74 bits per heavy atom. The van der Waals surface area contributed by atoms with Crippen LogP contribution in [0.5, 0.6) is 0 Å². The third-order valence-electron chi connectivity index (χ3n) is 2.33. The third-order valence-corrected chi connectivity index (χ3v) is 3.71. The molecule has 100 valence electrons. The number of pyridine rings is 1. The molecule has 0 saturated heterocycles. The van der Waals surface area contributed by atoms with E-state index in [4.69, 9.17) is 5.73 Å². The summed E-state index contributed by atoms with van der Waals surface area (Å²) >= 11 is 0. The number of aromatic nitrogens is 3. The Morgan fingerprint density at radius 2 is 2.05 bits per heavy atom. The van der Waals surface area contributed by atoms with E-state index in [-0.39, 0.29) is 17.3 Å². The maximum absolute atomic E-state index is 12.0. The maximum Gasteiger partial charge on any atom is 0.260 e. The molecule has 0 unspecified atom stereocenters. The van der Waals surface area contributed by atoms with Gasteiger partial charge in [-0.15, -0.1) is 0 Å². The van der Waals surface area contributed by atoms with Crippen LogP contribution in [0.1, 0.15) is 11.5 Å². The lowest BCUT2D eigenvalue weighted by Crippen LogP contribution is -2.25. The van der Waals surface area contributed by atoms with Gasteiger partial charge >= 0.3 is 0 Å². The molecule has 0 spiro atoms. The van der Waals surface area contributed by atoms with Gasteiger partial charge in [0.2, 0.25) is 0 Å². The summed E-state index contributed by atoms with van der Waals surface area (Å²) < 4.78 is 26.4. The summed E-state index contributed by atoms with van der Waals surface area (Å²) in [5.74, 6) is 0.578. The van der Waals surface area contributed by atoms with Gasteiger partial charge in [-0.3, -0.25) is 0 Å². The first-order chi connectivity index (χ1) is 8.99. The smallest absolute Gasteiger partial charge is 0.260 e. The second kappa shape index (κ2) is 5.29. The lowest BCUT2D eigenvalue weighted by atomic mass is 10.4. The SMILES string of the molecule is Cc1nccc(CNS(=O)(=O)c2ncccc2N)n1. The molecule has 19 heavy (non-hydrogen) atoms. The van der Waals surface area contributed by atoms with Crippen LogP contribution in [-0.2, 0) is 16.6 Å². The first-order valence-corrected chi connectivity index (χ1v) is 6.96. The molecule has 0 atom stereocenters. The molecule has 0 radical (unpaired) electrons. The Kier molecular flexibility index (Phi) is 3.72. The van der Waals surface area contributed by atoms with E-state index >= 15 is 0 Å². The van der Waals surface area contributed by atoms with Crippen LogP contribution < -0.4 is 10.5 Å². The minimum absolute atomic E-state index is 0.0572. The number of hydrogen-bond donors (Lipinski definition) is 2. The Morgan fingerprint density at radius 1 is 1.26 bits per heavy atom. The predicted molar refractivity (Wildman–Crippen MR) is 69.4 cm³/mol. The van der Waals surface area contributed by atoms with Crippen molar-refractivity contribution in [2.24, 2.45) is 0 Å². The number of hydrogen-bond acceptors (Lipinski definition) is 6. The topological polar surface area (TPSA) is 111 Å². The van der Waals surface area contributed by atoms with Gasteiger partial charge in [-0.25, -0.2) is 28.1 Å². The first-order valence-electron chi connectivity index (χ1n) is 5.48. The van der Waals surface area contributed by atoms with Crippen LogP contribution in [-0.4, -0.2) is 23.4 Å². The molecular weight excluding hydrogens is 266 g/mol. The normalized spacial score (nSPS) is 11.4. The van der Waals surface area contributed by atoms with Gasteiger partial charge < -0.3 is 5.73 Å². The van der Waals surface area contributed by atoms with Crippen LogP contribution in [0.25, 0.3) is 0 Å². The van der Waals surface area contributed by atoms with Gasteiger partial charge in [0, 0.05) is 12.4 Å². The molecule has 0 bridgehead atoms. The average Bonchev–Trinajstić information content (AvgIpc) is 2.37. The van der Waals surface area contributed by atoms with E-state index in [9.17, 15) is 8.42 Å². The highest BCUT2D eigenvalue weighted by Gasteiger charge is 2.18. The second-order valence-electron chi connectivity index (χ2n) is 3.82. The molecule has 0 saturated carbocycles. The summed E-state index contributed by atoms with van der Waals surface area (Å²) in [7, 11) is -3.75. The second-order valence-corrected chi connectivity index (χ2v) is 5.50. The minimum Gasteiger partial charge on any atom is -0.396 e. The van der Waals surface area contributed by atoms with Gasteiger partial charge in [0.1, 0.15) is 5.82 Å². The van der Waals surface area contributed by atoms with E-state index in [0.29, 0.717) is 11.5 Å². The van der Waals surface area contributed by atoms with Crippen molar-refractivity contribution in [3.8, 4) is 0 Å². The standard InChI is InChI=1S/C11H13N5O2S/c1-8-13-6-4-9(16-8)7-15-19(17,18)11-10(12)3-2-5-14-11/h2-6,15H,7,12H2,1H3. The fourth-order valence-electron chi connectivity index (χ4n) is 1.47. The quantitative estimate of drug-likeness (QED) is 0.829. The van der Waals surface area contributed by atoms with Gasteiger partial charge in [-0.05, 0) is 25.1 Å². The molecule has 7 nitrogen and oxygen atoms in total. The van der Waals surface area contributed by atoms with Crippen molar-refractivity contribution in [1.29, 1.82) is 0 Å². The fourth-order valence-corrected chi connectivity index (χ4v) is 2.52. The number of nitrogen functional groups attached to an aromatic ring is 1. The molecule has 0 fully saturated rings. The Bertz CT molecular complexity index is 687. The zero-order valence-electron chi connectivity index (χ0n) is 10.2. The van der Waals surface area contributed by atoms with Crippen LogP contribution in [0.3, 0.4) is 0 Å². The Balaban J connectivity index is 2.17. The molecule has 0 aliphatic carbocycles. The largest absolute Gasteiger partial charge is 0.396 e. The van der Waals surface area contributed by atoms with Crippen LogP contribution in [0.2, 0.25) is 0 Å². The molecule has 0 amide bonds. The molecular formula is C11H13N5O2S. The molecule has 0 aliphatic heterocycles. The zero-order chi connectivity index (χ0) is 13.9. The number of nitrogens with zero attached hydrogens (tertiary/aromatic N) is 3. The van der Waals surface area contributed by atoms with Crippen molar-refractivity contribution in [1.82, 2.24) is 19.7 Å². The summed E-state index contributed by atoms with van der Waals surface area (Å²) in [5, 5.41) is -0.180. The Hall–Kier alpha value is -2.06. The van der Waals surface area contributed by atoms with E-state index < -0.39 is 10.0 Å². The van der Waals surface area contributed by atoms with E-state index in [2.05, 4.69) is 19.7 Å². The summed E-state index contributed by atoms with van der Waals surface area (Å²) in [5.41, 5.74) is 6.27. The maximum atomic E-state index is 12.0. The van der Waals surface area contributed by atoms with E-state index in [1.165, 1.54) is 12.3 Å². The molecule has 2 rings (SSSR count). The van der Waals surface area contributed by atoms with Gasteiger partial charge in [0.05, 0.1) is 17.9 Å².